The molecular formula is C5H7NO3S2. The number of hydrogen-bond donors (Lipinski definition) is 2. The largest absolute Gasteiger partial charge is 0.341 e. The van der Waals surface area contributed by atoms with Gasteiger partial charge in [0.15, 0.2) is 0 Å². The highest BCUT2D eigenvalue weighted by molar-refractivity contribution is 8.13. The van der Waals surface area contributed by atoms with Crippen LogP contribution >= 0.6 is 24.4 Å². The molecule has 0 fully saturated rings. The van der Waals surface area contributed by atoms with Gasteiger partial charge in [0.25, 0.3) is 11.0 Å². The number of rotatable bonds is 3. The van der Waals surface area contributed by atoms with E-state index in [2.05, 4.69) is 17.9 Å². The first-order valence-electron chi connectivity index (χ1n) is 2.66. The normalized spacial score (nSPS) is 8.91. The van der Waals surface area contributed by atoms with Crippen LogP contribution in [0.2, 0.25) is 0 Å². The summed E-state index contributed by atoms with van der Waals surface area (Å²) in [6, 6.07) is 0. The van der Waals surface area contributed by atoms with Gasteiger partial charge in [-0.2, -0.15) is 0 Å². The minimum absolute atomic E-state index is 0.133. The van der Waals surface area contributed by atoms with E-state index < -0.39 is 11.0 Å². The molecule has 0 aliphatic rings. The van der Waals surface area contributed by atoms with Crippen molar-refractivity contribution >= 4 is 40.5 Å². The second-order valence-electron chi connectivity index (χ2n) is 1.56. The zero-order valence-electron chi connectivity index (χ0n) is 5.79. The monoisotopic (exact) mass is 193 g/mol. The first-order valence-corrected chi connectivity index (χ1v) is 4.33. The van der Waals surface area contributed by atoms with Crippen LogP contribution < -0.4 is 5.32 Å². The molecule has 0 aromatic rings. The Balaban J connectivity index is 3.63. The first kappa shape index (κ1) is 10.5. The highest BCUT2D eigenvalue weighted by Gasteiger charge is 2.08. The van der Waals surface area contributed by atoms with Gasteiger partial charge in [-0.1, -0.05) is 24.4 Å². The molecule has 11 heavy (non-hydrogen) atoms. The minimum atomic E-state index is -0.890. The third-order valence-electron chi connectivity index (χ3n) is 0.815. The van der Waals surface area contributed by atoms with E-state index in [9.17, 15) is 14.4 Å². The molecule has 1 amide bonds. The van der Waals surface area contributed by atoms with Crippen LogP contribution in [0.5, 0.6) is 0 Å². The maximum Gasteiger partial charge on any atom is 0.298 e. The van der Waals surface area contributed by atoms with Crippen molar-refractivity contribution in [3.05, 3.63) is 0 Å². The smallest absolute Gasteiger partial charge is 0.298 e. The Morgan fingerprint density at radius 3 is 2.36 bits per heavy atom. The van der Waals surface area contributed by atoms with Crippen molar-refractivity contribution < 1.29 is 14.4 Å². The lowest BCUT2D eigenvalue weighted by Gasteiger charge is -1.97. The molecule has 0 aromatic carbocycles. The Morgan fingerprint density at radius 1 is 1.45 bits per heavy atom. The van der Waals surface area contributed by atoms with E-state index in [1.165, 1.54) is 0 Å². The number of carbonyl (C=O) groups excluding carboxylic acids is 3. The molecule has 6 heteroatoms. The van der Waals surface area contributed by atoms with Gasteiger partial charge in [-0.05, 0) is 6.26 Å². The van der Waals surface area contributed by atoms with Gasteiger partial charge in [-0.3, -0.25) is 14.4 Å². The SMILES string of the molecule is CSC(=O)CNC(=O)C(=O)S. The number of carbonyl (C=O) groups is 3. The highest BCUT2D eigenvalue weighted by Crippen LogP contribution is 1.91. The van der Waals surface area contributed by atoms with Crippen molar-refractivity contribution in [2.75, 3.05) is 12.8 Å². The van der Waals surface area contributed by atoms with Gasteiger partial charge in [-0.15, -0.1) is 0 Å². The molecule has 0 atom stereocenters. The van der Waals surface area contributed by atoms with Crippen LogP contribution in [-0.4, -0.2) is 28.9 Å². The number of thioether (sulfide) groups is 1. The fraction of sp³-hybridized carbons (Fsp3) is 0.400. The Hall–Kier alpha value is -0.490. The summed E-state index contributed by atoms with van der Waals surface area (Å²) in [5, 5.41) is 1.01. The van der Waals surface area contributed by atoms with E-state index in [4.69, 9.17) is 0 Å². The first-order chi connectivity index (χ1) is 5.07. The molecule has 0 saturated carbocycles. The van der Waals surface area contributed by atoms with Crippen LogP contribution in [0.1, 0.15) is 0 Å². The summed E-state index contributed by atoms with van der Waals surface area (Å²) in [6.07, 6.45) is 1.59. The Morgan fingerprint density at radius 2 is 2.00 bits per heavy atom. The molecule has 0 saturated heterocycles. The summed E-state index contributed by atoms with van der Waals surface area (Å²) in [7, 11) is 0. The molecule has 0 aliphatic heterocycles. The molecule has 0 unspecified atom stereocenters. The van der Waals surface area contributed by atoms with E-state index in [0.29, 0.717) is 0 Å². The quantitative estimate of drug-likeness (QED) is 0.466. The molecule has 0 aliphatic carbocycles. The van der Waals surface area contributed by atoms with Crippen LogP contribution in [-0.2, 0) is 14.4 Å². The average Bonchev–Trinajstić information content (AvgIpc) is 1.99. The minimum Gasteiger partial charge on any atom is -0.341 e. The van der Waals surface area contributed by atoms with Gasteiger partial charge in [0.05, 0.1) is 6.54 Å². The molecule has 0 radical (unpaired) electrons. The van der Waals surface area contributed by atoms with Crippen LogP contribution in [0.3, 0.4) is 0 Å². The van der Waals surface area contributed by atoms with Crippen LogP contribution in [0, 0.1) is 0 Å². The lowest BCUT2D eigenvalue weighted by atomic mass is 10.6. The summed E-state index contributed by atoms with van der Waals surface area (Å²) < 4.78 is 0. The lowest BCUT2D eigenvalue weighted by molar-refractivity contribution is -0.133. The maximum atomic E-state index is 10.6. The Bertz CT molecular complexity index is 192. The number of thiol groups is 1. The fourth-order valence-electron chi connectivity index (χ4n) is 0.300. The van der Waals surface area contributed by atoms with Gasteiger partial charge in [-0.25, -0.2) is 0 Å². The maximum absolute atomic E-state index is 10.6. The van der Waals surface area contributed by atoms with Crippen LogP contribution in [0.15, 0.2) is 0 Å². The van der Waals surface area contributed by atoms with Gasteiger partial charge in [0.2, 0.25) is 5.12 Å². The van der Waals surface area contributed by atoms with Crippen molar-refractivity contribution in [1.82, 2.24) is 5.32 Å². The summed E-state index contributed by atoms with van der Waals surface area (Å²) in [6.45, 7) is -0.133. The van der Waals surface area contributed by atoms with E-state index in [1.807, 2.05) is 0 Å². The zero-order valence-corrected chi connectivity index (χ0v) is 7.50. The van der Waals surface area contributed by atoms with Gasteiger partial charge in [0, 0.05) is 0 Å². The molecule has 62 valence electrons. The second kappa shape index (κ2) is 5.20. The van der Waals surface area contributed by atoms with E-state index in [-0.39, 0.29) is 11.7 Å². The lowest BCUT2D eigenvalue weighted by Crippen LogP contribution is -2.31. The van der Waals surface area contributed by atoms with Crippen molar-refractivity contribution in [3.8, 4) is 0 Å². The summed E-state index contributed by atoms with van der Waals surface area (Å²) in [5.41, 5.74) is 0. The summed E-state index contributed by atoms with van der Waals surface area (Å²) in [5.74, 6) is -0.851. The zero-order chi connectivity index (χ0) is 8.85. The molecular weight excluding hydrogens is 186 g/mol. The number of nitrogens with one attached hydrogen (secondary N) is 1. The predicted octanol–water partition coefficient (Wildman–Crippen LogP) is -0.551. The van der Waals surface area contributed by atoms with Crippen molar-refractivity contribution in [3.63, 3.8) is 0 Å². The number of amides is 1. The van der Waals surface area contributed by atoms with Crippen LogP contribution in [0.4, 0.5) is 0 Å². The standard InChI is InChI=1S/C5H7NO3S2/c1-11-3(7)2-6-4(8)5(9)10/h2H2,1H3,(H,6,8)(H,9,10). The summed E-state index contributed by atoms with van der Waals surface area (Å²) >= 11 is 4.24. The molecule has 0 rings (SSSR count). The average molecular weight is 193 g/mol. The third-order valence-corrected chi connectivity index (χ3v) is 1.62. The molecule has 4 nitrogen and oxygen atoms in total. The van der Waals surface area contributed by atoms with Crippen molar-refractivity contribution in [2.24, 2.45) is 0 Å². The number of hydrogen-bond acceptors (Lipinski definition) is 4. The fourth-order valence-corrected chi connectivity index (χ4v) is 0.596. The molecule has 0 heterocycles. The van der Waals surface area contributed by atoms with E-state index >= 15 is 0 Å². The highest BCUT2D eigenvalue weighted by atomic mass is 32.2. The Labute approximate surface area is 73.5 Å². The summed E-state index contributed by atoms with van der Waals surface area (Å²) in [4.78, 5) is 31.2. The van der Waals surface area contributed by atoms with Gasteiger partial charge < -0.3 is 5.32 Å². The Kier molecular flexibility index (Phi) is 4.97. The van der Waals surface area contributed by atoms with E-state index in [1.54, 1.807) is 6.26 Å². The molecule has 0 aromatic heterocycles. The van der Waals surface area contributed by atoms with E-state index in [0.717, 1.165) is 11.8 Å². The van der Waals surface area contributed by atoms with Crippen LogP contribution in [0.25, 0.3) is 0 Å². The molecule has 0 bridgehead atoms. The van der Waals surface area contributed by atoms with Gasteiger partial charge >= 0.3 is 0 Å². The molecule has 0 spiro atoms. The third kappa shape index (κ3) is 4.86. The van der Waals surface area contributed by atoms with Gasteiger partial charge in [0.1, 0.15) is 0 Å². The van der Waals surface area contributed by atoms with Crippen molar-refractivity contribution in [2.45, 2.75) is 0 Å². The second-order valence-corrected chi connectivity index (χ2v) is 2.83. The predicted molar refractivity (Wildman–Crippen MR) is 45.5 cm³/mol. The molecule has 1 N–H and O–H groups in total. The van der Waals surface area contributed by atoms with Crippen molar-refractivity contribution in [1.29, 1.82) is 0 Å². The topological polar surface area (TPSA) is 63.2 Å².